The topological polar surface area (TPSA) is 43.4 Å². The Morgan fingerprint density at radius 3 is 2.11 bits per heavy atom. The predicted molar refractivity (Wildman–Crippen MR) is 75.3 cm³/mol. The lowest BCUT2D eigenvalue weighted by atomic mass is 9.94. The standard InChI is InChI=1S/C15H19ClO3/c1-11(17)15(16,13(18)19-14(2,3)4)10-12-8-6-5-7-9-12/h5-9H,10H2,1-4H3/t15-/m0/s1. The van der Waals surface area contributed by atoms with E-state index in [0.29, 0.717) is 0 Å². The summed E-state index contributed by atoms with van der Waals surface area (Å²) >= 11 is 6.24. The van der Waals surface area contributed by atoms with Crippen LogP contribution in [0.2, 0.25) is 0 Å². The van der Waals surface area contributed by atoms with Gasteiger partial charge in [-0.05, 0) is 33.3 Å². The van der Waals surface area contributed by atoms with E-state index >= 15 is 0 Å². The Hall–Kier alpha value is -1.35. The Labute approximate surface area is 118 Å². The summed E-state index contributed by atoms with van der Waals surface area (Å²) in [5.41, 5.74) is 0.141. The first-order chi connectivity index (χ1) is 8.65. The summed E-state index contributed by atoms with van der Waals surface area (Å²) in [7, 11) is 0. The van der Waals surface area contributed by atoms with E-state index < -0.39 is 22.2 Å². The van der Waals surface area contributed by atoms with Crippen molar-refractivity contribution in [1.29, 1.82) is 0 Å². The van der Waals surface area contributed by atoms with Gasteiger partial charge >= 0.3 is 5.97 Å². The molecular formula is C15H19ClO3. The van der Waals surface area contributed by atoms with Gasteiger partial charge in [0.1, 0.15) is 5.60 Å². The van der Waals surface area contributed by atoms with Crippen molar-refractivity contribution in [2.45, 2.75) is 44.6 Å². The van der Waals surface area contributed by atoms with Gasteiger partial charge in [-0.15, -0.1) is 0 Å². The highest BCUT2D eigenvalue weighted by Crippen LogP contribution is 2.26. The Balaban J connectivity index is 2.98. The molecule has 19 heavy (non-hydrogen) atoms. The lowest BCUT2D eigenvalue weighted by Gasteiger charge is -2.28. The zero-order valence-corrected chi connectivity index (χ0v) is 12.5. The number of hydrogen-bond acceptors (Lipinski definition) is 3. The smallest absolute Gasteiger partial charge is 0.335 e. The van der Waals surface area contributed by atoms with Crippen molar-refractivity contribution in [2.24, 2.45) is 0 Å². The van der Waals surface area contributed by atoms with Crippen LogP contribution in [0.5, 0.6) is 0 Å². The van der Waals surface area contributed by atoms with Gasteiger partial charge in [0.25, 0.3) is 0 Å². The molecule has 0 unspecified atom stereocenters. The first-order valence-electron chi connectivity index (χ1n) is 6.12. The van der Waals surface area contributed by atoms with Crippen molar-refractivity contribution >= 4 is 23.4 Å². The van der Waals surface area contributed by atoms with E-state index in [1.54, 1.807) is 20.8 Å². The quantitative estimate of drug-likeness (QED) is 0.484. The Kier molecular flexibility index (Phi) is 4.75. The van der Waals surface area contributed by atoms with Crippen molar-refractivity contribution in [2.75, 3.05) is 0 Å². The molecule has 0 aliphatic carbocycles. The molecule has 1 atom stereocenters. The van der Waals surface area contributed by atoms with E-state index in [1.165, 1.54) is 6.92 Å². The number of Topliss-reactive ketones (excluding diaryl/α,β-unsaturated/α-hetero) is 1. The van der Waals surface area contributed by atoms with Crippen molar-refractivity contribution in [3.8, 4) is 0 Å². The molecule has 104 valence electrons. The van der Waals surface area contributed by atoms with Gasteiger partial charge in [0.2, 0.25) is 4.87 Å². The van der Waals surface area contributed by atoms with Gasteiger partial charge in [0.05, 0.1) is 0 Å². The van der Waals surface area contributed by atoms with Crippen LogP contribution in [0.25, 0.3) is 0 Å². The number of halogens is 1. The molecule has 0 amide bonds. The second kappa shape index (κ2) is 5.74. The lowest BCUT2D eigenvalue weighted by Crippen LogP contribution is -2.46. The van der Waals surface area contributed by atoms with E-state index in [-0.39, 0.29) is 6.42 Å². The van der Waals surface area contributed by atoms with Gasteiger partial charge in [-0.2, -0.15) is 0 Å². The third-order valence-electron chi connectivity index (χ3n) is 2.57. The monoisotopic (exact) mass is 282 g/mol. The third kappa shape index (κ3) is 4.35. The second-order valence-corrected chi connectivity index (χ2v) is 6.17. The minimum atomic E-state index is -1.66. The van der Waals surface area contributed by atoms with Crippen LogP contribution in [-0.4, -0.2) is 22.2 Å². The largest absolute Gasteiger partial charge is 0.458 e. The Morgan fingerprint density at radius 1 is 1.16 bits per heavy atom. The maximum atomic E-state index is 12.2. The minimum Gasteiger partial charge on any atom is -0.458 e. The SMILES string of the molecule is CC(=O)[C@@](Cl)(Cc1ccccc1)C(=O)OC(C)(C)C. The van der Waals surface area contributed by atoms with Gasteiger partial charge in [-0.1, -0.05) is 41.9 Å². The molecule has 0 aliphatic rings. The zero-order valence-electron chi connectivity index (χ0n) is 11.7. The van der Waals surface area contributed by atoms with E-state index in [4.69, 9.17) is 16.3 Å². The lowest BCUT2D eigenvalue weighted by molar-refractivity contribution is -0.159. The van der Waals surface area contributed by atoms with E-state index in [1.807, 2.05) is 30.3 Å². The molecule has 3 nitrogen and oxygen atoms in total. The highest BCUT2D eigenvalue weighted by molar-refractivity contribution is 6.45. The molecule has 1 rings (SSSR count). The number of carbonyl (C=O) groups excluding carboxylic acids is 2. The van der Waals surface area contributed by atoms with Crippen LogP contribution in [0.15, 0.2) is 30.3 Å². The summed E-state index contributed by atoms with van der Waals surface area (Å²) in [5.74, 6) is -1.11. The van der Waals surface area contributed by atoms with E-state index in [2.05, 4.69) is 0 Å². The Morgan fingerprint density at radius 2 is 1.68 bits per heavy atom. The molecular weight excluding hydrogens is 264 g/mol. The molecule has 0 heterocycles. The normalized spacial score (nSPS) is 14.6. The Bertz CT molecular complexity index is 462. The molecule has 0 N–H and O–H groups in total. The first kappa shape index (κ1) is 15.7. The van der Waals surface area contributed by atoms with Crippen molar-refractivity contribution in [1.82, 2.24) is 0 Å². The van der Waals surface area contributed by atoms with Crippen LogP contribution in [0.1, 0.15) is 33.3 Å². The first-order valence-corrected chi connectivity index (χ1v) is 6.50. The number of ketones is 1. The summed E-state index contributed by atoms with van der Waals surface area (Å²) in [6.45, 7) is 6.53. The number of alkyl halides is 1. The van der Waals surface area contributed by atoms with E-state index in [0.717, 1.165) is 5.56 Å². The molecule has 0 aliphatic heterocycles. The number of ether oxygens (including phenoxy) is 1. The molecule has 0 saturated heterocycles. The molecule has 0 bridgehead atoms. The number of carbonyl (C=O) groups is 2. The van der Waals surface area contributed by atoms with Gasteiger partial charge in [0.15, 0.2) is 5.78 Å². The highest BCUT2D eigenvalue weighted by atomic mass is 35.5. The molecule has 0 saturated carbocycles. The predicted octanol–water partition coefficient (Wildman–Crippen LogP) is 3.14. The minimum absolute atomic E-state index is 0.125. The number of rotatable bonds is 4. The van der Waals surface area contributed by atoms with Crippen molar-refractivity contribution < 1.29 is 14.3 Å². The maximum absolute atomic E-state index is 12.2. The van der Waals surface area contributed by atoms with Crippen LogP contribution in [0, 0.1) is 0 Å². The average molecular weight is 283 g/mol. The summed E-state index contributed by atoms with van der Waals surface area (Å²) < 4.78 is 5.24. The fraction of sp³-hybridized carbons (Fsp3) is 0.467. The third-order valence-corrected chi connectivity index (χ3v) is 3.13. The highest BCUT2D eigenvalue weighted by Gasteiger charge is 2.44. The maximum Gasteiger partial charge on any atom is 0.335 e. The summed E-state index contributed by atoms with van der Waals surface area (Å²) in [5, 5.41) is 0. The summed E-state index contributed by atoms with van der Waals surface area (Å²) in [4.78, 5) is 22.3. The van der Waals surface area contributed by atoms with Gasteiger partial charge in [-0.25, -0.2) is 4.79 Å². The fourth-order valence-electron chi connectivity index (χ4n) is 1.58. The summed E-state index contributed by atoms with van der Waals surface area (Å²) in [6.07, 6.45) is 0.125. The molecule has 4 heteroatoms. The average Bonchev–Trinajstić information content (AvgIpc) is 2.27. The van der Waals surface area contributed by atoms with Crippen molar-refractivity contribution in [3.05, 3.63) is 35.9 Å². The van der Waals surface area contributed by atoms with Gasteiger partial charge in [-0.3, -0.25) is 4.79 Å². The molecule has 0 spiro atoms. The zero-order chi connectivity index (χ0) is 14.7. The number of benzene rings is 1. The van der Waals surface area contributed by atoms with E-state index in [9.17, 15) is 9.59 Å². The van der Waals surface area contributed by atoms with Gasteiger partial charge < -0.3 is 4.74 Å². The molecule has 1 aromatic carbocycles. The number of esters is 1. The van der Waals surface area contributed by atoms with Crippen molar-refractivity contribution in [3.63, 3.8) is 0 Å². The van der Waals surface area contributed by atoms with Crippen LogP contribution < -0.4 is 0 Å². The van der Waals surface area contributed by atoms with Gasteiger partial charge in [0, 0.05) is 6.42 Å². The van der Waals surface area contributed by atoms with Crippen LogP contribution in [0.4, 0.5) is 0 Å². The number of hydrogen-bond donors (Lipinski definition) is 0. The van der Waals surface area contributed by atoms with Crippen LogP contribution in [-0.2, 0) is 20.7 Å². The second-order valence-electron chi connectivity index (χ2n) is 5.52. The molecule has 0 fully saturated rings. The summed E-state index contributed by atoms with van der Waals surface area (Å²) in [6, 6.07) is 9.18. The molecule has 1 aromatic rings. The molecule has 0 radical (unpaired) electrons. The van der Waals surface area contributed by atoms with Crippen LogP contribution in [0.3, 0.4) is 0 Å². The van der Waals surface area contributed by atoms with Crippen LogP contribution >= 0.6 is 11.6 Å². The molecule has 0 aromatic heterocycles. The fourth-order valence-corrected chi connectivity index (χ4v) is 1.77.